The van der Waals surface area contributed by atoms with Crippen molar-refractivity contribution in [2.45, 2.75) is 25.8 Å². The fourth-order valence-corrected chi connectivity index (χ4v) is 4.60. The zero-order valence-corrected chi connectivity index (χ0v) is 17.4. The number of benzene rings is 1. The van der Waals surface area contributed by atoms with Gasteiger partial charge in [0, 0.05) is 19.0 Å². The molecule has 1 aliphatic rings. The van der Waals surface area contributed by atoms with Crippen LogP contribution in [0.2, 0.25) is 4.47 Å². The van der Waals surface area contributed by atoms with Crippen LogP contribution in [0.4, 0.5) is 0 Å². The topological polar surface area (TPSA) is 45.6 Å². The number of aromatic nitrogens is 1. The van der Waals surface area contributed by atoms with Crippen molar-refractivity contribution in [1.82, 2.24) is 9.88 Å². The normalized spacial score (nSPS) is 16.9. The van der Waals surface area contributed by atoms with Crippen LogP contribution in [0.1, 0.15) is 36.2 Å². The number of thiazole rings is 1. The molecule has 2 aromatic rings. The molecule has 2 unspecified atom stereocenters. The van der Waals surface area contributed by atoms with Gasteiger partial charge in [-0.3, -0.25) is 14.7 Å². The summed E-state index contributed by atoms with van der Waals surface area (Å²) in [6.07, 6.45) is 3.43. The maximum Gasteiger partial charge on any atom is 0.239 e. The number of hydrogen-bond acceptors (Lipinski definition) is 5. The molecule has 0 bridgehead atoms. The highest BCUT2D eigenvalue weighted by Gasteiger charge is 2.29. The Morgan fingerprint density at radius 2 is 2.08 bits per heavy atom. The first-order valence-corrected chi connectivity index (χ1v) is 10.5. The molecular formula is C19H22ClN3OS2. The van der Waals surface area contributed by atoms with Crippen molar-refractivity contribution in [2.75, 3.05) is 12.8 Å². The molecule has 3 rings (SSSR count). The van der Waals surface area contributed by atoms with Crippen LogP contribution in [-0.2, 0) is 4.79 Å². The van der Waals surface area contributed by atoms with Gasteiger partial charge in [-0.25, -0.2) is 4.98 Å². The van der Waals surface area contributed by atoms with Crippen LogP contribution in [0.25, 0.3) is 0 Å². The van der Waals surface area contributed by atoms with Gasteiger partial charge < -0.3 is 0 Å². The SMILES string of the molecule is C=CC(C(=O)N(C)C1=NC(c2cnc(Cl)s2)CS1)c1ccccc1.CC. The van der Waals surface area contributed by atoms with Gasteiger partial charge in [0.15, 0.2) is 9.63 Å². The molecule has 2 heterocycles. The first-order chi connectivity index (χ1) is 12.6. The third-order valence-corrected chi connectivity index (χ3v) is 6.07. The van der Waals surface area contributed by atoms with Crippen molar-refractivity contribution < 1.29 is 4.79 Å². The molecule has 1 aromatic carbocycles. The molecular weight excluding hydrogens is 386 g/mol. The summed E-state index contributed by atoms with van der Waals surface area (Å²) < 4.78 is 0.513. The van der Waals surface area contributed by atoms with Crippen molar-refractivity contribution in [2.24, 2.45) is 4.99 Å². The van der Waals surface area contributed by atoms with Crippen LogP contribution in [0.3, 0.4) is 0 Å². The van der Waals surface area contributed by atoms with Crippen LogP contribution in [0.5, 0.6) is 0 Å². The second-order valence-electron chi connectivity index (χ2n) is 5.28. The predicted octanol–water partition coefficient (Wildman–Crippen LogP) is 5.39. The highest BCUT2D eigenvalue weighted by Crippen LogP contribution is 2.35. The Labute approximate surface area is 168 Å². The Morgan fingerprint density at radius 3 is 2.65 bits per heavy atom. The number of halogens is 1. The van der Waals surface area contributed by atoms with Crippen LogP contribution >= 0.6 is 34.7 Å². The number of nitrogens with zero attached hydrogens (tertiary/aromatic N) is 3. The van der Waals surface area contributed by atoms with E-state index in [1.165, 1.54) is 11.3 Å². The van der Waals surface area contributed by atoms with E-state index in [4.69, 9.17) is 11.6 Å². The van der Waals surface area contributed by atoms with E-state index < -0.39 is 0 Å². The maximum absolute atomic E-state index is 12.8. The van der Waals surface area contributed by atoms with E-state index in [0.717, 1.165) is 21.4 Å². The molecule has 0 saturated carbocycles. The lowest BCUT2D eigenvalue weighted by Crippen LogP contribution is -2.34. The van der Waals surface area contributed by atoms with Crippen molar-refractivity contribution in [1.29, 1.82) is 0 Å². The monoisotopic (exact) mass is 407 g/mol. The summed E-state index contributed by atoms with van der Waals surface area (Å²) in [6, 6.07) is 9.64. The fraction of sp³-hybridized carbons (Fsp3) is 0.316. The summed E-state index contributed by atoms with van der Waals surface area (Å²) in [7, 11) is 1.76. The summed E-state index contributed by atoms with van der Waals surface area (Å²) in [4.78, 5) is 24.2. The van der Waals surface area contributed by atoms with E-state index in [1.54, 1.807) is 36.0 Å². The second-order valence-corrected chi connectivity index (χ2v) is 7.91. The Balaban J connectivity index is 0.00000117. The van der Waals surface area contributed by atoms with Crippen molar-refractivity contribution in [3.8, 4) is 0 Å². The summed E-state index contributed by atoms with van der Waals surface area (Å²) in [5.74, 6) is 0.372. The minimum atomic E-state index is -0.378. The Hall–Kier alpha value is -1.63. The molecule has 0 saturated heterocycles. The van der Waals surface area contributed by atoms with Gasteiger partial charge in [0.25, 0.3) is 0 Å². The van der Waals surface area contributed by atoms with Crippen molar-refractivity contribution in [3.05, 3.63) is 64.1 Å². The van der Waals surface area contributed by atoms with Crippen molar-refractivity contribution in [3.63, 3.8) is 0 Å². The average molecular weight is 408 g/mol. The molecule has 0 fully saturated rings. The van der Waals surface area contributed by atoms with E-state index >= 15 is 0 Å². The Morgan fingerprint density at radius 1 is 1.38 bits per heavy atom. The number of thioether (sulfide) groups is 1. The lowest BCUT2D eigenvalue weighted by molar-refractivity contribution is -0.126. The molecule has 7 heteroatoms. The average Bonchev–Trinajstić information content (AvgIpc) is 3.33. The van der Waals surface area contributed by atoms with Gasteiger partial charge >= 0.3 is 0 Å². The van der Waals surface area contributed by atoms with Gasteiger partial charge in [0.1, 0.15) is 0 Å². The predicted molar refractivity (Wildman–Crippen MR) is 113 cm³/mol. The number of aliphatic imine (C=N–C) groups is 1. The van der Waals surface area contributed by atoms with E-state index in [9.17, 15) is 4.79 Å². The summed E-state index contributed by atoms with van der Waals surface area (Å²) in [6.45, 7) is 7.82. The minimum Gasteiger partial charge on any atom is -0.294 e. The van der Waals surface area contributed by atoms with Crippen molar-refractivity contribution >= 4 is 45.8 Å². The third-order valence-electron chi connectivity index (χ3n) is 3.74. The van der Waals surface area contributed by atoms with E-state index in [0.29, 0.717) is 4.47 Å². The summed E-state index contributed by atoms with van der Waals surface area (Å²) in [5, 5.41) is 0.720. The molecule has 1 aliphatic heterocycles. The summed E-state index contributed by atoms with van der Waals surface area (Å²) >= 11 is 8.89. The minimum absolute atomic E-state index is 0.00385. The fourth-order valence-electron chi connectivity index (χ4n) is 2.45. The molecule has 2 atom stereocenters. The van der Waals surface area contributed by atoms with Gasteiger partial charge in [-0.15, -0.1) is 17.9 Å². The van der Waals surface area contributed by atoms with Gasteiger partial charge in [-0.1, -0.05) is 73.6 Å². The molecule has 4 nitrogen and oxygen atoms in total. The zero-order valence-electron chi connectivity index (χ0n) is 15.1. The van der Waals surface area contributed by atoms with Gasteiger partial charge in [-0.05, 0) is 5.56 Å². The quantitative estimate of drug-likeness (QED) is 0.638. The molecule has 1 amide bonds. The molecule has 0 radical (unpaired) electrons. The highest BCUT2D eigenvalue weighted by molar-refractivity contribution is 8.14. The van der Waals surface area contributed by atoms with E-state index in [-0.39, 0.29) is 17.9 Å². The lowest BCUT2D eigenvalue weighted by atomic mass is 9.98. The second kappa shape index (κ2) is 9.90. The van der Waals surface area contributed by atoms with Crippen LogP contribution in [0, 0.1) is 0 Å². The van der Waals surface area contributed by atoms with Crippen LogP contribution in [-0.4, -0.2) is 33.8 Å². The number of carbonyl (C=O) groups excluding carboxylic acids is 1. The van der Waals surface area contributed by atoms with E-state index in [1.807, 2.05) is 44.2 Å². The smallest absolute Gasteiger partial charge is 0.239 e. The maximum atomic E-state index is 12.8. The summed E-state index contributed by atoms with van der Waals surface area (Å²) in [5.41, 5.74) is 0.929. The van der Waals surface area contributed by atoms with Crippen LogP contribution in [0.15, 0.2) is 54.2 Å². The van der Waals surface area contributed by atoms with Gasteiger partial charge in [-0.2, -0.15) is 0 Å². The molecule has 138 valence electrons. The number of amides is 1. The molecule has 0 spiro atoms. The Kier molecular flexibility index (Phi) is 7.87. The number of likely N-dealkylation sites (N-methyl/N-ethyl adjacent to an activating group) is 1. The van der Waals surface area contributed by atoms with Gasteiger partial charge in [0.05, 0.1) is 16.8 Å². The standard InChI is InChI=1S/C17H16ClN3OS2.C2H6/c1-3-12(11-7-5-4-6-8-11)15(22)21(2)17-20-13(10-23-17)14-9-19-16(18)24-14;1-2/h3-9,12-13H,1,10H2,2H3;1-2H3. The largest absolute Gasteiger partial charge is 0.294 e. The zero-order chi connectivity index (χ0) is 19.1. The number of rotatable bonds is 4. The van der Waals surface area contributed by atoms with E-state index in [2.05, 4.69) is 16.6 Å². The van der Waals surface area contributed by atoms with Gasteiger partial charge in [0.2, 0.25) is 5.91 Å². The highest BCUT2D eigenvalue weighted by atomic mass is 35.5. The van der Waals surface area contributed by atoms with Crippen LogP contribution < -0.4 is 0 Å². The lowest BCUT2D eigenvalue weighted by Gasteiger charge is -2.21. The molecule has 0 aliphatic carbocycles. The molecule has 26 heavy (non-hydrogen) atoms. The first-order valence-electron chi connectivity index (χ1n) is 8.37. The molecule has 1 aromatic heterocycles. The first kappa shape index (κ1) is 20.7. The number of amidine groups is 1. The third kappa shape index (κ3) is 4.75. The number of carbonyl (C=O) groups is 1. The Bertz CT molecular complexity index is 776. The molecule has 0 N–H and O–H groups in total. The number of hydrogen-bond donors (Lipinski definition) is 0.